The number of hydrogen-bond acceptors (Lipinski definition) is 7. The lowest BCUT2D eigenvalue weighted by Gasteiger charge is -2.26. The quantitative estimate of drug-likeness (QED) is 0.725. The number of ether oxygens (including phenoxy) is 1. The van der Waals surface area contributed by atoms with Crippen LogP contribution in [0, 0.1) is 0 Å². The Labute approximate surface area is 126 Å². The molecule has 1 fully saturated rings. The van der Waals surface area contributed by atoms with E-state index in [1.807, 2.05) is 29.1 Å². The van der Waals surface area contributed by atoms with Crippen molar-refractivity contribution in [1.82, 2.24) is 19.9 Å². The monoisotopic (exact) mass is 300 g/mol. The Morgan fingerprint density at radius 3 is 3.05 bits per heavy atom. The van der Waals surface area contributed by atoms with Gasteiger partial charge in [0.2, 0.25) is 0 Å². The maximum absolute atomic E-state index is 5.44. The molecule has 0 saturated carbocycles. The number of nitrogens with one attached hydrogen (secondary N) is 1. The molecule has 3 N–H and O–H groups in total. The Morgan fingerprint density at radius 1 is 1.36 bits per heavy atom. The molecule has 0 atom stereocenters. The van der Waals surface area contributed by atoms with Crippen molar-refractivity contribution >= 4 is 16.9 Å². The number of rotatable bonds is 5. The highest BCUT2D eigenvalue weighted by Crippen LogP contribution is 2.27. The molecule has 0 aliphatic carbocycles. The summed E-state index contributed by atoms with van der Waals surface area (Å²) in [5, 5.41) is 12.4. The predicted octanol–water partition coefficient (Wildman–Crippen LogP) is 1.03. The Balaban J connectivity index is 1.67. The summed E-state index contributed by atoms with van der Waals surface area (Å²) in [5.41, 5.74) is 7.35. The fourth-order valence-electron chi connectivity index (χ4n) is 2.42. The molecule has 0 radical (unpaired) electrons. The first-order valence-corrected chi connectivity index (χ1v) is 7.18. The fourth-order valence-corrected chi connectivity index (χ4v) is 2.42. The summed E-state index contributed by atoms with van der Waals surface area (Å²) in [6, 6.07) is 6.27. The molecule has 2 aromatic heterocycles. The van der Waals surface area contributed by atoms with E-state index < -0.39 is 0 Å². The van der Waals surface area contributed by atoms with Crippen molar-refractivity contribution in [3.05, 3.63) is 24.4 Å². The number of nitrogens with zero attached hydrogens (tertiary/aromatic N) is 4. The third kappa shape index (κ3) is 2.22. The van der Waals surface area contributed by atoms with Gasteiger partial charge in [-0.05, 0) is 17.3 Å². The van der Waals surface area contributed by atoms with Crippen LogP contribution in [0.4, 0.5) is 5.95 Å². The molecule has 114 valence electrons. The highest BCUT2D eigenvalue weighted by molar-refractivity contribution is 5.83. The van der Waals surface area contributed by atoms with Gasteiger partial charge in [0, 0.05) is 24.0 Å². The molecule has 22 heavy (non-hydrogen) atoms. The molecule has 4 rings (SSSR count). The van der Waals surface area contributed by atoms with Crippen LogP contribution in [-0.4, -0.2) is 46.2 Å². The van der Waals surface area contributed by atoms with Crippen molar-refractivity contribution in [2.45, 2.75) is 6.04 Å². The summed E-state index contributed by atoms with van der Waals surface area (Å²) in [5.74, 6) is 0.917. The van der Waals surface area contributed by atoms with Gasteiger partial charge in [0.25, 0.3) is 11.8 Å². The predicted molar refractivity (Wildman–Crippen MR) is 80.4 cm³/mol. The molecule has 1 saturated heterocycles. The molecule has 3 aromatic rings. The molecule has 1 aliphatic heterocycles. The summed E-state index contributed by atoms with van der Waals surface area (Å²) in [7, 11) is 0. The van der Waals surface area contributed by atoms with E-state index in [0.717, 1.165) is 16.5 Å². The van der Waals surface area contributed by atoms with E-state index in [-0.39, 0.29) is 0 Å². The number of benzene rings is 1. The Bertz CT molecular complexity index is 792. The second-order valence-corrected chi connectivity index (χ2v) is 5.19. The maximum Gasteiger partial charge on any atom is 0.263 e. The summed E-state index contributed by atoms with van der Waals surface area (Å²) in [6.45, 7) is 2.52. The Hall–Kier alpha value is -2.45. The first-order valence-electron chi connectivity index (χ1n) is 7.18. The fraction of sp³-hybridized carbons (Fsp3) is 0.357. The van der Waals surface area contributed by atoms with Gasteiger partial charge in [-0.15, -0.1) is 0 Å². The van der Waals surface area contributed by atoms with Gasteiger partial charge in [-0.25, -0.2) is 0 Å². The molecule has 8 heteroatoms. The van der Waals surface area contributed by atoms with Gasteiger partial charge in [-0.3, -0.25) is 4.68 Å². The highest BCUT2D eigenvalue weighted by atomic mass is 16.5. The third-order valence-corrected chi connectivity index (χ3v) is 3.67. The number of hydrogen-bond donors (Lipinski definition) is 2. The first kappa shape index (κ1) is 13.2. The van der Waals surface area contributed by atoms with Gasteiger partial charge in [0.05, 0.1) is 31.0 Å². The van der Waals surface area contributed by atoms with Crippen molar-refractivity contribution < 1.29 is 9.26 Å². The average Bonchev–Trinajstić information content (AvgIpc) is 3.10. The number of nitrogens with two attached hydrogens (primary N) is 1. The Kier molecular flexibility index (Phi) is 3.24. The highest BCUT2D eigenvalue weighted by Gasteiger charge is 2.23. The molecule has 8 nitrogen and oxygen atoms in total. The minimum Gasteiger partial charge on any atom is -0.377 e. The summed E-state index contributed by atoms with van der Waals surface area (Å²) in [6.07, 6.45) is 1.86. The van der Waals surface area contributed by atoms with Crippen LogP contribution in [0.3, 0.4) is 0 Å². The minimum absolute atomic E-state index is 0.303. The molecule has 0 unspecified atom stereocenters. The van der Waals surface area contributed by atoms with E-state index in [9.17, 15) is 0 Å². The lowest BCUT2D eigenvalue weighted by atomic mass is 10.1. The second kappa shape index (κ2) is 5.39. The van der Waals surface area contributed by atoms with Gasteiger partial charge in [-0.1, -0.05) is 6.07 Å². The van der Waals surface area contributed by atoms with Gasteiger partial charge in [0.15, 0.2) is 0 Å². The smallest absolute Gasteiger partial charge is 0.263 e. The maximum atomic E-state index is 5.44. The summed E-state index contributed by atoms with van der Waals surface area (Å²) in [4.78, 5) is 4.32. The van der Waals surface area contributed by atoms with Crippen molar-refractivity contribution in [2.24, 2.45) is 5.73 Å². The van der Waals surface area contributed by atoms with Crippen LogP contribution in [0.2, 0.25) is 0 Å². The SMILES string of the molecule is NCCNc1noc(-c2ccc3cnn(C4COC4)c3c2)n1. The average molecular weight is 300 g/mol. The topological polar surface area (TPSA) is 104 Å². The van der Waals surface area contributed by atoms with Crippen molar-refractivity contribution in [3.8, 4) is 11.5 Å². The first-order chi connectivity index (χ1) is 10.8. The van der Waals surface area contributed by atoms with Gasteiger partial charge in [0.1, 0.15) is 0 Å². The lowest BCUT2D eigenvalue weighted by Crippen LogP contribution is -2.31. The zero-order valence-corrected chi connectivity index (χ0v) is 11.9. The van der Waals surface area contributed by atoms with E-state index in [0.29, 0.717) is 44.2 Å². The zero-order valence-electron chi connectivity index (χ0n) is 11.9. The number of anilines is 1. The van der Waals surface area contributed by atoms with Gasteiger partial charge < -0.3 is 20.3 Å². The standard InChI is InChI=1S/C14H16N6O2/c15-3-4-16-14-18-13(22-19-14)9-1-2-10-6-17-20(12(10)5-9)11-7-21-8-11/h1-2,5-6,11H,3-4,7-8,15H2,(H,16,19). The third-order valence-electron chi connectivity index (χ3n) is 3.67. The van der Waals surface area contributed by atoms with Crippen LogP contribution in [0.5, 0.6) is 0 Å². The normalized spacial score (nSPS) is 15.1. The molecule has 1 aliphatic rings. The summed E-state index contributed by atoms with van der Waals surface area (Å²) < 4.78 is 12.5. The second-order valence-electron chi connectivity index (χ2n) is 5.19. The van der Waals surface area contributed by atoms with Gasteiger partial charge >= 0.3 is 0 Å². The zero-order chi connectivity index (χ0) is 14.9. The van der Waals surface area contributed by atoms with E-state index in [1.54, 1.807) is 0 Å². The van der Waals surface area contributed by atoms with E-state index in [1.165, 1.54) is 0 Å². The van der Waals surface area contributed by atoms with Crippen molar-refractivity contribution in [3.63, 3.8) is 0 Å². The lowest BCUT2D eigenvalue weighted by molar-refractivity contribution is -0.0266. The molecule has 1 aromatic carbocycles. The largest absolute Gasteiger partial charge is 0.377 e. The molecule has 0 spiro atoms. The summed E-state index contributed by atoms with van der Waals surface area (Å²) >= 11 is 0. The molecular formula is C14H16N6O2. The minimum atomic E-state index is 0.303. The van der Waals surface area contributed by atoms with Crippen LogP contribution in [0.1, 0.15) is 6.04 Å². The van der Waals surface area contributed by atoms with Crippen LogP contribution < -0.4 is 11.1 Å². The van der Waals surface area contributed by atoms with Gasteiger partial charge in [-0.2, -0.15) is 10.1 Å². The van der Waals surface area contributed by atoms with E-state index in [2.05, 4.69) is 20.6 Å². The molecule has 3 heterocycles. The van der Waals surface area contributed by atoms with E-state index in [4.69, 9.17) is 15.0 Å². The van der Waals surface area contributed by atoms with Crippen molar-refractivity contribution in [1.29, 1.82) is 0 Å². The number of fused-ring (bicyclic) bond motifs is 1. The number of aromatic nitrogens is 4. The van der Waals surface area contributed by atoms with E-state index >= 15 is 0 Å². The van der Waals surface area contributed by atoms with Crippen LogP contribution in [-0.2, 0) is 4.74 Å². The van der Waals surface area contributed by atoms with Crippen LogP contribution >= 0.6 is 0 Å². The molecule has 0 bridgehead atoms. The van der Waals surface area contributed by atoms with Crippen molar-refractivity contribution in [2.75, 3.05) is 31.6 Å². The van der Waals surface area contributed by atoms with Crippen LogP contribution in [0.15, 0.2) is 28.9 Å². The van der Waals surface area contributed by atoms with Crippen LogP contribution in [0.25, 0.3) is 22.4 Å². The molecular weight excluding hydrogens is 284 g/mol. The molecule has 0 amide bonds. The Morgan fingerprint density at radius 2 is 2.27 bits per heavy atom.